The number of nitrogens with two attached hydrogens (primary N) is 1. The lowest BCUT2D eigenvalue weighted by Crippen LogP contribution is -2.44. The second-order valence-corrected chi connectivity index (χ2v) is 6.72. The summed E-state index contributed by atoms with van der Waals surface area (Å²) in [5.74, 6) is 1.24. The van der Waals surface area contributed by atoms with Crippen molar-refractivity contribution in [2.75, 3.05) is 0 Å². The van der Waals surface area contributed by atoms with Crippen LogP contribution in [0.2, 0.25) is 0 Å². The number of aromatic nitrogens is 3. The lowest BCUT2D eigenvalue weighted by molar-refractivity contribution is 0.229. The Balaban J connectivity index is 0.00000146. The number of hydrogen-bond acceptors (Lipinski definition) is 5. The van der Waals surface area contributed by atoms with Gasteiger partial charge < -0.3 is 10.3 Å². The van der Waals surface area contributed by atoms with E-state index in [4.69, 9.17) is 15.2 Å². The molecule has 2 aliphatic carbocycles. The lowest BCUT2D eigenvalue weighted by atomic mass is 9.77. The van der Waals surface area contributed by atoms with Gasteiger partial charge in [-0.05, 0) is 50.2 Å². The van der Waals surface area contributed by atoms with Crippen LogP contribution in [0.3, 0.4) is 0 Å². The minimum atomic E-state index is -0.395. The van der Waals surface area contributed by atoms with E-state index in [2.05, 4.69) is 16.2 Å². The standard InChI is InChI=1S/C18H18N4O.ClH/c19-18(9-4-10-18)17-21-16(23-22-17)15-11-5-1-2-7-13(11)20-14-8-3-6-12(14)15;/h1-2,5,7H,3-4,6,8-10,19H2;1H. The van der Waals surface area contributed by atoms with E-state index in [1.165, 1.54) is 11.3 Å². The number of fused-ring (bicyclic) bond motifs is 2. The maximum atomic E-state index is 6.34. The van der Waals surface area contributed by atoms with Gasteiger partial charge in [0.25, 0.3) is 5.89 Å². The van der Waals surface area contributed by atoms with E-state index >= 15 is 0 Å². The van der Waals surface area contributed by atoms with Crippen LogP contribution in [0, 0.1) is 0 Å². The maximum Gasteiger partial charge on any atom is 0.259 e. The molecule has 2 aromatic heterocycles. The Kier molecular flexibility index (Phi) is 3.58. The zero-order chi connectivity index (χ0) is 15.4. The van der Waals surface area contributed by atoms with Crippen molar-refractivity contribution in [1.82, 2.24) is 15.1 Å². The second kappa shape index (κ2) is 5.53. The smallest absolute Gasteiger partial charge is 0.259 e. The zero-order valence-corrected chi connectivity index (χ0v) is 14.1. The zero-order valence-electron chi connectivity index (χ0n) is 13.3. The molecule has 2 heterocycles. The molecule has 124 valence electrons. The fraction of sp³-hybridized carbons (Fsp3) is 0.389. The van der Waals surface area contributed by atoms with Gasteiger partial charge in [-0.1, -0.05) is 23.4 Å². The van der Waals surface area contributed by atoms with Gasteiger partial charge in [0, 0.05) is 11.1 Å². The summed E-state index contributed by atoms with van der Waals surface area (Å²) >= 11 is 0. The van der Waals surface area contributed by atoms with E-state index in [0.717, 1.165) is 55.0 Å². The molecule has 1 aromatic carbocycles. The van der Waals surface area contributed by atoms with Crippen LogP contribution in [0.1, 0.15) is 42.8 Å². The maximum absolute atomic E-state index is 6.34. The largest absolute Gasteiger partial charge is 0.334 e. The quantitative estimate of drug-likeness (QED) is 0.770. The molecule has 0 atom stereocenters. The Hall–Kier alpha value is -1.98. The molecule has 2 aliphatic rings. The summed E-state index contributed by atoms with van der Waals surface area (Å²) in [5, 5.41) is 5.27. The summed E-state index contributed by atoms with van der Waals surface area (Å²) in [6.07, 6.45) is 6.17. The molecule has 0 saturated heterocycles. The number of para-hydroxylation sites is 1. The molecule has 0 amide bonds. The molecular formula is C18H19ClN4O. The number of pyridine rings is 1. The van der Waals surface area contributed by atoms with E-state index in [0.29, 0.717) is 11.7 Å². The summed E-state index contributed by atoms with van der Waals surface area (Å²) in [5.41, 5.74) is 10.4. The first-order valence-corrected chi connectivity index (χ1v) is 8.28. The Morgan fingerprint density at radius 3 is 2.67 bits per heavy atom. The predicted molar refractivity (Wildman–Crippen MR) is 94.0 cm³/mol. The van der Waals surface area contributed by atoms with Gasteiger partial charge in [-0.3, -0.25) is 4.98 Å². The molecule has 0 aliphatic heterocycles. The number of rotatable bonds is 2. The minimum Gasteiger partial charge on any atom is -0.334 e. The number of hydrogen-bond donors (Lipinski definition) is 1. The second-order valence-electron chi connectivity index (χ2n) is 6.72. The van der Waals surface area contributed by atoms with Crippen molar-refractivity contribution < 1.29 is 4.52 Å². The van der Waals surface area contributed by atoms with Gasteiger partial charge in [0.05, 0.1) is 16.6 Å². The van der Waals surface area contributed by atoms with E-state index in [1.807, 2.05) is 18.2 Å². The highest BCUT2D eigenvalue weighted by Gasteiger charge is 2.39. The molecule has 0 radical (unpaired) electrons. The third kappa shape index (κ3) is 2.15. The normalized spacial score (nSPS) is 18.0. The molecule has 5 nitrogen and oxygen atoms in total. The Morgan fingerprint density at radius 2 is 1.88 bits per heavy atom. The molecule has 24 heavy (non-hydrogen) atoms. The molecule has 5 rings (SSSR count). The third-order valence-electron chi connectivity index (χ3n) is 5.25. The first-order chi connectivity index (χ1) is 11.2. The van der Waals surface area contributed by atoms with Crippen LogP contribution in [-0.2, 0) is 18.4 Å². The van der Waals surface area contributed by atoms with Crippen molar-refractivity contribution in [3.8, 4) is 11.5 Å². The molecule has 0 bridgehead atoms. The molecule has 6 heteroatoms. The van der Waals surface area contributed by atoms with E-state index in [1.54, 1.807) is 0 Å². The van der Waals surface area contributed by atoms with Gasteiger partial charge in [-0.15, -0.1) is 12.4 Å². The molecule has 3 aromatic rings. The molecule has 0 unspecified atom stereocenters. The van der Waals surface area contributed by atoms with Crippen molar-refractivity contribution in [3.63, 3.8) is 0 Å². The van der Waals surface area contributed by atoms with Crippen molar-refractivity contribution in [3.05, 3.63) is 41.3 Å². The summed E-state index contributed by atoms with van der Waals surface area (Å²) in [6.45, 7) is 0. The van der Waals surface area contributed by atoms with E-state index in [9.17, 15) is 0 Å². The summed E-state index contributed by atoms with van der Waals surface area (Å²) < 4.78 is 5.64. The number of benzene rings is 1. The predicted octanol–water partition coefficient (Wildman–Crippen LogP) is 3.53. The Labute approximate surface area is 146 Å². The fourth-order valence-corrected chi connectivity index (χ4v) is 3.76. The van der Waals surface area contributed by atoms with Gasteiger partial charge in [-0.2, -0.15) is 4.98 Å². The van der Waals surface area contributed by atoms with Crippen LogP contribution < -0.4 is 5.73 Å². The summed E-state index contributed by atoms with van der Waals surface area (Å²) in [6, 6.07) is 8.18. The lowest BCUT2D eigenvalue weighted by Gasteiger charge is -2.34. The topological polar surface area (TPSA) is 77.8 Å². The Bertz CT molecular complexity index is 917. The average molecular weight is 343 g/mol. The summed E-state index contributed by atoms with van der Waals surface area (Å²) in [7, 11) is 0. The van der Waals surface area contributed by atoms with Crippen LogP contribution in [0.15, 0.2) is 28.8 Å². The fourth-order valence-electron chi connectivity index (χ4n) is 3.76. The van der Waals surface area contributed by atoms with E-state index in [-0.39, 0.29) is 12.4 Å². The third-order valence-corrected chi connectivity index (χ3v) is 5.25. The van der Waals surface area contributed by atoms with Gasteiger partial charge in [0.15, 0.2) is 5.82 Å². The SMILES string of the molecule is Cl.NC1(c2noc(-c3c4c(nc5ccccc35)CCC4)n2)CCC1. The highest BCUT2D eigenvalue weighted by atomic mass is 35.5. The van der Waals surface area contributed by atoms with Crippen molar-refractivity contribution in [2.24, 2.45) is 5.73 Å². The van der Waals surface area contributed by atoms with Crippen LogP contribution in [0.4, 0.5) is 0 Å². The average Bonchev–Trinajstić information content (AvgIpc) is 3.19. The van der Waals surface area contributed by atoms with Crippen LogP contribution in [0.25, 0.3) is 22.4 Å². The molecule has 0 spiro atoms. The van der Waals surface area contributed by atoms with Crippen LogP contribution >= 0.6 is 12.4 Å². The molecular weight excluding hydrogens is 324 g/mol. The first-order valence-electron chi connectivity index (χ1n) is 8.28. The molecule has 1 fully saturated rings. The number of nitrogens with zero attached hydrogens (tertiary/aromatic N) is 3. The van der Waals surface area contributed by atoms with E-state index < -0.39 is 5.54 Å². The number of aryl methyl sites for hydroxylation is 1. The van der Waals surface area contributed by atoms with Gasteiger partial charge in [-0.25, -0.2) is 0 Å². The monoisotopic (exact) mass is 342 g/mol. The minimum absolute atomic E-state index is 0. The summed E-state index contributed by atoms with van der Waals surface area (Å²) in [4.78, 5) is 9.48. The molecule has 1 saturated carbocycles. The first kappa shape index (κ1) is 15.5. The van der Waals surface area contributed by atoms with Crippen molar-refractivity contribution in [1.29, 1.82) is 0 Å². The van der Waals surface area contributed by atoms with Crippen LogP contribution in [-0.4, -0.2) is 15.1 Å². The van der Waals surface area contributed by atoms with Gasteiger partial charge in [0.1, 0.15) is 0 Å². The van der Waals surface area contributed by atoms with Crippen molar-refractivity contribution >= 4 is 23.3 Å². The highest BCUT2D eigenvalue weighted by Crippen LogP contribution is 2.40. The van der Waals surface area contributed by atoms with Gasteiger partial charge >= 0.3 is 0 Å². The van der Waals surface area contributed by atoms with Crippen molar-refractivity contribution in [2.45, 2.75) is 44.1 Å². The number of halogens is 1. The molecule has 2 N–H and O–H groups in total. The highest BCUT2D eigenvalue weighted by molar-refractivity contribution is 5.94. The van der Waals surface area contributed by atoms with Gasteiger partial charge in [0.2, 0.25) is 0 Å². The van der Waals surface area contributed by atoms with Crippen LogP contribution in [0.5, 0.6) is 0 Å². The Morgan fingerprint density at radius 1 is 1.04 bits per heavy atom.